The van der Waals surface area contributed by atoms with Crippen molar-refractivity contribution in [1.82, 2.24) is 5.01 Å². The fourth-order valence-electron chi connectivity index (χ4n) is 3.95. The van der Waals surface area contributed by atoms with Gasteiger partial charge in [0.25, 0.3) is 0 Å². The monoisotopic (exact) mass is 545 g/mol. The van der Waals surface area contributed by atoms with Gasteiger partial charge in [-0.15, -0.1) is 0 Å². The summed E-state index contributed by atoms with van der Waals surface area (Å²) in [5, 5.41) is 40.9. The number of carbonyl (C=O) groups is 2. The van der Waals surface area contributed by atoms with Crippen LogP contribution in [0.15, 0.2) is 30.5 Å². The summed E-state index contributed by atoms with van der Waals surface area (Å²) in [5.74, 6) is 3.82. The molecule has 0 aromatic heterocycles. The van der Waals surface area contributed by atoms with Crippen LogP contribution in [0.25, 0.3) is 5.70 Å². The van der Waals surface area contributed by atoms with Crippen LogP contribution in [0.4, 0.5) is 4.39 Å². The summed E-state index contributed by atoms with van der Waals surface area (Å²) < 4.78 is 30.2. The summed E-state index contributed by atoms with van der Waals surface area (Å²) in [7, 11) is 0. The second-order valence-corrected chi connectivity index (χ2v) is 10.1. The topological polar surface area (TPSA) is 198 Å². The normalized spacial score (nSPS) is 30.5. The maximum atomic E-state index is 13.6. The average molecular weight is 546 g/mol. The van der Waals surface area contributed by atoms with Gasteiger partial charge in [-0.1, -0.05) is 23.9 Å². The number of aliphatic carboxylic acids is 1. The number of aliphatic hydroxyl groups is 3. The number of esters is 1. The number of thioether (sulfide) groups is 1. The first-order chi connectivity index (χ1) is 17.5. The van der Waals surface area contributed by atoms with Crippen LogP contribution in [0.1, 0.15) is 31.2 Å². The summed E-state index contributed by atoms with van der Waals surface area (Å²) >= 11 is 1.13. The van der Waals surface area contributed by atoms with Crippen LogP contribution in [0.3, 0.4) is 0 Å². The van der Waals surface area contributed by atoms with E-state index in [2.05, 4.69) is 0 Å². The van der Waals surface area contributed by atoms with Gasteiger partial charge in [-0.05, 0) is 12.1 Å². The lowest BCUT2D eigenvalue weighted by Gasteiger charge is -2.43. The van der Waals surface area contributed by atoms with Crippen molar-refractivity contribution < 1.29 is 48.6 Å². The van der Waals surface area contributed by atoms with Gasteiger partial charge in [0.15, 0.2) is 0 Å². The molecule has 8 N–H and O–H groups in total. The highest BCUT2D eigenvalue weighted by Crippen LogP contribution is 2.36. The highest BCUT2D eigenvalue weighted by Gasteiger charge is 2.43. The van der Waals surface area contributed by atoms with E-state index in [-0.39, 0.29) is 38.2 Å². The number of nitrogens with two attached hydrogens (primary N) is 2. The Hall–Kier alpha value is -2.46. The zero-order valence-corrected chi connectivity index (χ0v) is 20.7. The molecule has 2 aliphatic heterocycles. The first-order valence-corrected chi connectivity index (χ1v) is 12.6. The maximum Gasteiger partial charge on any atom is 0.306 e. The van der Waals surface area contributed by atoms with E-state index < -0.39 is 65.5 Å². The molecule has 0 radical (unpaired) electrons. The van der Waals surface area contributed by atoms with Crippen molar-refractivity contribution in [3.05, 3.63) is 41.8 Å². The Labute approximate surface area is 216 Å². The van der Waals surface area contributed by atoms with Crippen LogP contribution in [0.2, 0.25) is 0 Å². The molecule has 0 saturated carbocycles. The molecule has 0 bridgehead atoms. The molecule has 2 heterocycles. The average Bonchev–Trinajstić information content (AvgIpc) is 2.84. The van der Waals surface area contributed by atoms with Crippen molar-refractivity contribution in [3.8, 4) is 0 Å². The number of hydrogen-bond donors (Lipinski definition) is 6. The Balaban J connectivity index is 1.73. The number of aliphatic hydroxyl groups excluding tert-OH is 3. The molecule has 2 saturated heterocycles. The molecule has 2 aliphatic rings. The Bertz CT molecular complexity index is 971. The van der Waals surface area contributed by atoms with Gasteiger partial charge in [-0.2, -0.15) is 0 Å². The SMILES string of the molecule is N/C(=C\N(N)[C@@H]1C[C@H](S[C@@H]2OC[C@H](O)C[C@H]2O)O[C@H](COC(=O)CCC(=O)O)[C@@H]1O)c1cccc(F)c1. The number of halogens is 1. The van der Waals surface area contributed by atoms with E-state index in [1.165, 1.54) is 29.4 Å². The molecular formula is C23H32FN3O9S. The van der Waals surface area contributed by atoms with Gasteiger partial charge < -0.3 is 45.4 Å². The summed E-state index contributed by atoms with van der Waals surface area (Å²) in [4.78, 5) is 22.6. The lowest BCUT2D eigenvalue weighted by Crippen LogP contribution is -2.57. The number of ether oxygens (including phenoxy) is 3. The first kappa shape index (κ1) is 29.1. The van der Waals surface area contributed by atoms with Crippen LogP contribution in [-0.2, 0) is 23.8 Å². The third-order valence-corrected chi connectivity index (χ3v) is 7.21. The third kappa shape index (κ3) is 8.53. The van der Waals surface area contributed by atoms with Gasteiger partial charge in [0.05, 0.1) is 43.4 Å². The molecule has 37 heavy (non-hydrogen) atoms. The molecule has 0 spiro atoms. The highest BCUT2D eigenvalue weighted by molar-refractivity contribution is 8.00. The third-order valence-electron chi connectivity index (χ3n) is 5.88. The smallest absolute Gasteiger partial charge is 0.306 e. The van der Waals surface area contributed by atoms with E-state index in [0.29, 0.717) is 5.56 Å². The molecule has 0 aliphatic carbocycles. The second kappa shape index (κ2) is 13.4. The predicted octanol–water partition coefficient (Wildman–Crippen LogP) is -0.288. The van der Waals surface area contributed by atoms with Crippen molar-refractivity contribution >= 4 is 29.4 Å². The number of rotatable bonds is 10. The first-order valence-electron chi connectivity index (χ1n) is 11.6. The number of nitrogens with zero attached hydrogens (tertiary/aromatic N) is 1. The second-order valence-electron chi connectivity index (χ2n) is 8.81. The minimum absolute atomic E-state index is 0.0358. The molecule has 0 unspecified atom stereocenters. The molecule has 1 aromatic rings. The number of benzene rings is 1. The van der Waals surface area contributed by atoms with E-state index in [0.717, 1.165) is 11.8 Å². The van der Waals surface area contributed by atoms with Gasteiger partial charge in [-0.25, -0.2) is 10.2 Å². The fourth-order valence-corrected chi connectivity index (χ4v) is 5.21. The van der Waals surface area contributed by atoms with E-state index >= 15 is 0 Å². The molecule has 7 atom stereocenters. The minimum atomic E-state index is -1.26. The van der Waals surface area contributed by atoms with Crippen molar-refractivity contribution in [3.63, 3.8) is 0 Å². The molecule has 2 fully saturated rings. The molecule has 3 rings (SSSR count). The van der Waals surface area contributed by atoms with E-state index in [4.69, 9.17) is 30.9 Å². The number of hydrogen-bond acceptors (Lipinski definition) is 12. The van der Waals surface area contributed by atoms with Crippen LogP contribution in [-0.4, -0.2) is 91.9 Å². The van der Waals surface area contributed by atoms with Crippen LogP contribution in [0, 0.1) is 5.82 Å². The van der Waals surface area contributed by atoms with Gasteiger partial charge in [-0.3, -0.25) is 9.59 Å². The summed E-state index contributed by atoms with van der Waals surface area (Å²) in [6, 6.07) is 4.78. The standard InChI is InChI=1S/C23H32FN3O9S/c24-13-3-1-2-12(6-13)15(25)9-27(26)16-8-21(37-23-17(29)7-14(28)10-35-23)36-18(22(16)33)11-34-20(32)5-4-19(30)31/h1-3,6,9,14,16-18,21-23,28-29,33H,4-5,7-8,10-11,25-26H2,(H,30,31)/b15-9-/t14-,16-,17-,18-,21+,22-,23+/m1/s1. The molecule has 1 aromatic carbocycles. The summed E-state index contributed by atoms with van der Waals surface area (Å²) in [5.41, 5.74) is 5.20. The van der Waals surface area contributed by atoms with E-state index in [1.54, 1.807) is 6.07 Å². The van der Waals surface area contributed by atoms with Crippen molar-refractivity contribution in [2.75, 3.05) is 13.2 Å². The highest BCUT2D eigenvalue weighted by atomic mass is 32.2. The van der Waals surface area contributed by atoms with Crippen LogP contribution < -0.4 is 11.6 Å². The Morgan fingerprint density at radius 2 is 2.00 bits per heavy atom. The number of carboxylic acid groups (broad SMARTS) is 1. The van der Waals surface area contributed by atoms with Gasteiger partial charge in [0.1, 0.15) is 35.5 Å². The fraction of sp³-hybridized carbons (Fsp3) is 0.565. The minimum Gasteiger partial charge on any atom is -0.481 e. The van der Waals surface area contributed by atoms with Crippen molar-refractivity contribution in [1.29, 1.82) is 0 Å². The number of hydrazine groups is 1. The summed E-state index contributed by atoms with van der Waals surface area (Å²) in [6.45, 7) is -0.342. The maximum absolute atomic E-state index is 13.6. The predicted molar refractivity (Wildman–Crippen MR) is 129 cm³/mol. The molecule has 14 heteroatoms. The largest absolute Gasteiger partial charge is 0.481 e. The molecule has 12 nitrogen and oxygen atoms in total. The number of carboxylic acids is 1. The van der Waals surface area contributed by atoms with E-state index in [1.807, 2.05) is 0 Å². The molecule has 206 valence electrons. The van der Waals surface area contributed by atoms with E-state index in [9.17, 15) is 29.3 Å². The Morgan fingerprint density at radius 3 is 2.68 bits per heavy atom. The number of carbonyl (C=O) groups excluding carboxylic acids is 1. The zero-order valence-electron chi connectivity index (χ0n) is 19.9. The van der Waals surface area contributed by atoms with Crippen molar-refractivity contribution in [2.45, 2.75) is 67.0 Å². The quantitative estimate of drug-likeness (QED) is 0.127. The Morgan fingerprint density at radius 1 is 1.24 bits per heavy atom. The summed E-state index contributed by atoms with van der Waals surface area (Å²) in [6.07, 6.45) is -3.21. The molecular weight excluding hydrogens is 513 g/mol. The lowest BCUT2D eigenvalue weighted by atomic mass is 9.99. The molecule has 0 amide bonds. The lowest BCUT2D eigenvalue weighted by molar-refractivity contribution is -0.166. The van der Waals surface area contributed by atoms with Crippen LogP contribution >= 0.6 is 11.8 Å². The van der Waals surface area contributed by atoms with Gasteiger partial charge >= 0.3 is 11.9 Å². The zero-order chi connectivity index (χ0) is 27.1. The van der Waals surface area contributed by atoms with Crippen LogP contribution in [0.5, 0.6) is 0 Å². The van der Waals surface area contributed by atoms with Gasteiger partial charge in [0, 0.05) is 24.6 Å². The van der Waals surface area contributed by atoms with Gasteiger partial charge in [0.2, 0.25) is 0 Å². The van der Waals surface area contributed by atoms with Crippen molar-refractivity contribution in [2.24, 2.45) is 11.6 Å². The Kier molecular flexibility index (Phi) is 10.5.